The summed E-state index contributed by atoms with van der Waals surface area (Å²) in [6.07, 6.45) is 2.54. The summed E-state index contributed by atoms with van der Waals surface area (Å²) in [5.41, 5.74) is 0.145. The summed E-state index contributed by atoms with van der Waals surface area (Å²) >= 11 is 5.79. The highest BCUT2D eigenvalue weighted by Crippen LogP contribution is 2.26. The van der Waals surface area contributed by atoms with E-state index in [0.29, 0.717) is 5.02 Å². The van der Waals surface area contributed by atoms with E-state index in [1.165, 1.54) is 18.2 Å². The summed E-state index contributed by atoms with van der Waals surface area (Å²) < 4.78 is 0. The zero-order chi connectivity index (χ0) is 13.1. The van der Waals surface area contributed by atoms with Gasteiger partial charge < -0.3 is 10.4 Å². The first kappa shape index (κ1) is 12.7. The van der Waals surface area contributed by atoms with E-state index in [1.807, 2.05) is 0 Å². The van der Waals surface area contributed by atoms with Crippen LogP contribution in [0.25, 0.3) is 0 Å². The Morgan fingerprint density at radius 1 is 1.50 bits per heavy atom. The molecule has 1 aromatic carbocycles. The molecule has 2 rings (SSSR count). The van der Waals surface area contributed by atoms with Crippen LogP contribution in [0.2, 0.25) is 5.02 Å². The number of phenols is 1. The second-order valence-corrected chi connectivity index (χ2v) is 4.84. The number of hydrogen-bond acceptors (Lipinski definition) is 3. The van der Waals surface area contributed by atoms with E-state index in [2.05, 4.69) is 11.4 Å². The highest BCUT2D eigenvalue weighted by atomic mass is 35.5. The molecule has 2 N–H and O–H groups in total. The molecule has 2 atom stereocenters. The summed E-state index contributed by atoms with van der Waals surface area (Å²) in [5.74, 6) is -0.638. The van der Waals surface area contributed by atoms with E-state index in [0.717, 1.165) is 19.3 Å². The van der Waals surface area contributed by atoms with Crippen molar-refractivity contribution in [2.75, 3.05) is 0 Å². The molecule has 2 unspecified atom stereocenters. The molecule has 0 saturated heterocycles. The SMILES string of the molecule is N#CC1CCCC1NC(=O)c1cc(Cl)ccc1O. The smallest absolute Gasteiger partial charge is 0.255 e. The molecule has 0 bridgehead atoms. The van der Waals surface area contributed by atoms with Gasteiger partial charge in [-0.25, -0.2) is 0 Å². The Kier molecular flexibility index (Phi) is 3.73. The first-order chi connectivity index (χ1) is 8.61. The van der Waals surface area contributed by atoms with Gasteiger partial charge in [-0.05, 0) is 37.5 Å². The number of amides is 1. The Morgan fingerprint density at radius 2 is 2.28 bits per heavy atom. The molecule has 0 heterocycles. The fraction of sp³-hybridized carbons (Fsp3) is 0.385. The minimum atomic E-state index is -0.387. The molecule has 5 heteroatoms. The number of phenolic OH excluding ortho intramolecular Hbond substituents is 1. The lowest BCUT2D eigenvalue weighted by atomic mass is 10.1. The van der Waals surface area contributed by atoms with Gasteiger partial charge in [-0.1, -0.05) is 11.6 Å². The van der Waals surface area contributed by atoms with Crippen LogP contribution in [0.15, 0.2) is 18.2 Å². The van der Waals surface area contributed by atoms with Gasteiger partial charge in [-0.3, -0.25) is 4.79 Å². The van der Waals surface area contributed by atoms with Crippen molar-refractivity contribution in [3.8, 4) is 11.8 Å². The van der Waals surface area contributed by atoms with Gasteiger partial charge >= 0.3 is 0 Å². The maximum absolute atomic E-state index is 12.0. The number of aromatic hydroxyl groups is 1. The third-order valence-corrected chi connectivity index (χ3v) is 3.44. The average molecular weight is 265 g/mol. The summed E-state index contributed by atoms with van der Waals surface area (Å²) in [5, 5.41) is 21.7. The van der Waals surface area contributed by atoms with Crippen LogP contribution in [-0.4, -0.2) is 17.1 Å². The monoisotopic (exact) mass is 264 g/mol. The first-order valence-corrected chi connectivity index (χ1v) is 6.18. The van der Waals surface area contributed by atoms with Crippen LogP contribution in [0.3, 0.4) is 0 Å². The lowest BCUT2D eigenvalue weighted by Crippen LogP contribution is -2.36. The van der Waals surface area contributed by atoms with Crippen molar-refractivity contribution in [1.29, 1.82) is 5.26 Å². The molecule has 1 amide bonds. The van der Waals surface area contributed by atoms with Gasteiger partial charge in [0, 0.05) is 11.1 Å². The molecule has 1 aliphatic rings. The van der Waals surface area contributed by atoms with Crippen molar-refractivity contribution in [1.82, 2.24) is 5.32 Å². The van der Waals surface area contributed by atoms with Crippen LogP contribution in [0.1, 0.15) is 29.6 Å². The summed E-state index contributed by atoms with van der Waals surface area (Å²) in [6, 6.07) is 6.37. The minimum Gasteiger partial charge on any atom is -0.507 e. The van der Waals surface area contributed by atoms with Gasteiger partial charge in [0.15, 0.2) is 0 Å². The van der Waals surface area contributed by atoms with E-state index < -0.39 is 0 Å². The normalized spacial score (nSPS) is 22.4. The molecule has 1 aromatic rings. The van der Waals surface area contributed by atoms with E-state index >= 15 is 0 Å². The number of nitriles is 1. The Bertz CT molecular complexity index is 510. The van der Waals surface area contributed by atoms with Gasteiger partial charge in [0.25, 0.3) is 5.91 Å². The van der Waals surface area contributed by atoms with Crippen LogP contribution in [0.5, 0.6) is 5.75 Å². The third kappa shape index (κ3) is 2.57. The molecule has 0 aromatic heterocycles. The summed E-state index contributed by atoms with van der Waals surface area (Å²) in [7, 11) is 0. The van der Waals surface area contributed by atoms with Gasteiger partial charge in [0.1, 0.15) is 5.75 Å². The third-order valence-electron chi connectivity index (χ3n) is 3.20. The maximum Gasteiger partial charge on any atom is 0.255 e. The van der Waals surface area contributed by atoms with Gasteiger partial charge in [-0.2, -0.15) is 5.26 Å². The number of rotatable bonds is 2. The van der Waals surface area contributed by atoms with Crippen LogP contribution >= 0.6 is 11.6 Å². The van der Waals surface area contributed by atoms with Crippen LogP contribution in [0.4, 0.5) is 0 Å². The molecule has 18 heavy (non-hydrogen) atoms. The topological polar surface area (TPSA) is 73.1 Å². The predicted octanol–water partition coefficient (Wildman–Crippen LogP) is 2.47. The Morgan fingerprint density at radius 3 is 3.00 bits per heavy atom. The fourth-order valence-corrected chi connectivity index (χ4v) is 2.40. The van der Waals surface area contributed by atoms with Gasteiger partial charge in [0.05, 0.1) is 17.6 Å². The van der Waals surface area contributed by atoms with Crippen molar-refractivity contribution >= 4 is 17.5 Å². The second kappa shape index (κ2) is 5.28. The lowest BCUT2D eigenvalue weighted by Gasteiger charge is -2.16. The molecule has 0 spiro atoms. The van der Waals surface area contributed by atoms with Crippen LogP contribution in [0, 0.1) is 17.2 Å². The van der Waals surface area contributed by atoms with E-state index in [9.17, 15) is 9.90 Å². The lowest BCUT2D eigenvalue weighted by molar-refractivity contribution is 0.0930. The summed E-state index contributed by atoms with van der Waals surface area (Å²) in [6.45, 7) is 0. The molecule has 4 nitrogen and oxygen atoms in total. The van der Waals surface area contributed by atoms with Crippen molar-refractivity contribution in [3.63, 3.8) is 0 Å². The predicted molar refractivity (Wildman–Crippen MR) is 67.3 cm³/mol. The average Bonchev–Trinajstić information content (AvgIpc) is 2.79. The Hall–Kier alpha value is -1.73. The van der Waals surface area contributed by atoms with E-state index in [4.69, 9.17) is 16.9 Å². The van der Waals surface area contributed by atoms with Crippen molar-refractivity contribution in [3.05, 3.63) is 28.8 Å². The van der Waals surface area contributed by atoms with Gasteiger partial charge in [-0.15, -0.1) is 0 Å². The Labute approximate surface area is 110 Å². The van der Waals surface area contributed by atoms with Crippen molar-refractivity contribution in [2.24, 2.45) is 5.92 Å². The number of nitrogens with zero attached hydrogens (tertiary/aromatic N) is 1. The molecule has 94 valence electrons. The summed E-state index contributed by atoms with van der Waals surface area (Å²) in [4.78, 5) is 12.0. The number of nitrogens with one attached hydrogen (secondary N) is 1. The number of carbonyl (C=O) groups is 1. The standard InChI is InChI=1S/C13H13ClN2O2/c14-9-4-5-12(17)10(6-9)13(18)16-11-3-1-2-8(11)7-15/h4-6,8,11,17H,1-3H2,(H,16,18). The van der Waals surface area contributed by atoms with Crippen LogP contribution in [-0.2, 0) is 0 Å². The maximum atomic E-state index is 12.0. The van der Waals surface area contributed by atoms with E-state index in [1.54, 1.807) is 0 Å². The van der Waals surface area contributed by atoms with Crippen molar-refractivity contribution in [2.45, 2.75) is 25.3 Å². The number of hydrogen-bond donors (Lipinski definition) is 2. The van der Waals surface area contributed by atoms with Crippen LogP contribution < -0.4 is 5.32 Å². The molecule has 1 saturated carbocycles. The van der Waals surface area contributed by atoms with Crippen molar-refractivity contribution < 1.29 is 9.90 Å². The Balaban J connectivity index is 2.13. The number of halogens is 1. The zero-order valence-corrected chi connectivity index (χ0v) is 10.4. The molecular weight excluding hydrogens is 252 g/mol. The van der Waals surface area contributed by atoms with E-state index in [-0.39, 0.29) is 29.2 Å². The molecule has 1 aliphatic carbocycles. The number of carbonyl (C=O) groups excluding carboxylic acids is 1. The first-order valence-electron chi connectivity index (χ1n) is 5.81. The minimum absolute atomic E-state index is 0.108. The molecule has 0 aliphatic heterocycles. The molecular formula is C13H13ClN2O2. The quantitative estimate of drug-likeness (QED) is 0.862. The molecule has 1 fully saturated rings. The van der Waals surface area contributed by atoms with Gasteiger partial charge in [0.2, 0.25) is 0 Å². The second-order valence-electron chi connectivity index (χ2n) is 4.41. The highest BCUT2D eigenvalue weighted by molar-refractivity contribution is 6.31. The number of benzene rings is 1. The fourth-order valence-electron chi connectivity index (χ4n) is 2.22. The largest absolute Gasteiger partial charge is 0.507 e. The molecule has 0 radical (unpaired) electrons. The highest BCUT2D eigenvalue weighted by Gasteiger charge is 2.29. The zero-order valence-electron chi connectivity index (χ0n) is 9.69.